The molecule has 0 atom stereocenters. The number of anilines is 1. The summed E-state index contributed by atoms with van der Waals surface area (Å²) in [5, 5.41) is 6.82. The summed E-state index contributed by atoms with van der Waals surface area (Å²) in [4.78, 5) is 10.4. The highest BCUT2D eigenvalue weighted by atomic mass is 127. The van der Waals surface area contributed by atoms with Crippen molar-refractivity contribution in [2.75, 3.05) is 12.4 Å². The molecule has 0 radical (unpaired) electrons. The van der Waals surface area contributed by atoms with Gasteiger partial charge in [0.2, 0.25) is 0 Å². The highest BCUT2D eigenvalue weighted by molar-refractivity contribution is 14.1. The molecule has 7 heteroatoms. The van der Waals surface area contributed by atoms with Crippen LogP contribution in [-0.2, 0) is 0 Å². The second kappa shape index (κ2) is 6.23. The minimum absolute atomic E-state index is 0.674. The summed E-state index contributed by atoms with van der Waals surface area (Å²) in [6.45, 7) is 0. The lowest BCUT2D eigenvalue weighted by atomic mass is 10.2. The Morgan fingerprint density at radius 1 is 1.44 bits per heavy atom. The van der Waals surface area contributed by atoms with Gasteiger partial charge in [0.25, 0.3) is 0 Å². The van der Waals surface area contributed by atoms with Crippen LogP contribution in [0.25, 0.3) is 0 Å². The monoisotopic (exact) mass is 444 g/mol. The molecule has 0 spiro atoms. The maximum atomic E-state index is 10.4. The fourth-order valence-electron chi connectivity index (χ4n) is 1.08. The average Bonchev–Trinajstić information content (AvgIpc) is 2.16. The fraction of sp³-hybridized carbons (Fsp3) is 0.111. The molecule has 1 aromatic carbocycles. The highest BCUT2D eigenvalue weighted by Gasteiger charge is 2.04. The molecule has 0 fully saturated rings. The smallest absolute Gasteiger partial charge is 0.332 e. The molecule has 0 aromatic heterocycles. The number of hydrogen-bond donors (Lipinski definition) is 3. The fourth-order valence-corrected chi connectivity index (χ4v) is 3.43. The van der Waals surface area contributed by atoms with Crippen LogP contribution in [0.15, 0.2) is 17.2 Å². The van der Waals surface area contributed by atoms with Gasteiger partial charge in [-0.15, -0.1) is 0 Å². The number of benzene rings is 1. The number of halogens is 2. The van der Waals surface area contributed by atoms with E-state index in [2.05, 4.69) is 61.0 Å². The van der Waals surface area contributed by atoms with Crippen LogP contribution in [0.1, 0.15) is 5.56 Å². The molecule has 0 unspecified atom stereocenters. The van der Waals surface area contributed by atoms with Gasteiger partial charge < -0.3 is 11.1 Å². The lowest BCUT2D eigenvalue weighted by Gasteiger charge is -2.07. The Morgan fingerprint density at radius 3 is 2.44 bits per heavy atom. The quantitative estimate of drug-likeness (QED) is 0.379. The van der Waals surface area contributed by atoms with Crippen molar-refractivity contribution in [1.82, 2.24) is 5.43 Å². The Labute approximate surface area is 121 Å². The molecule has 0 bridgehead atoms. The first-order valence-corrected chi connectivity index (χ1v) is 6.45. The third-order valence-corrected chi connectivity index (χ3v) is 3.40. The zero-order valence-corrected chi connectivity index (χ0v) is 12.7. The summed E-state index contributed by atoms with van der Waals surface area (Å²) in [6, 6.07) is 3.24. The normalized spacial score (nSPS) is 10.4. The van der Waals surface area contributed by atoms with Gasteiger partial charge in [-0.25, -0.2) is 10.2 Å². The van der Waals surface area contributed by atoms with E-state index in [1.165, 1.54) is 0 Å². The molecule has 0 saturated carbocycles. The molecule has 0 heterocycles. The number of carbonyl (C=O) groups is 1. The number of nitrogens with one attached hydrogen (secondary N) is 2. The Kier molecular flexibility index (Phi) is 5.25. The van der Waals surface area contributed by atoms with Crippen LogP contribution in [0.5, 0.6) is 0 Å². The van der Waals surface area contributed by atoms with Gasteiger partial charge in [0.1, 0.15) is 0 Å². The number of urea groups is 1. The Morgan fingerprint density at radius 2 is 2.00 bits per heavy atom. The van der Waals surface area contributed by atoms with E-state index in [0.29, 0.717) is 0 Å². The SMILES string of the molecule is CNc1c(I)cc(/C=N\NC(N)=O)cc1I. The van der Waals surface area contributed by atoms with Crippen LogP contribution in [0.3, 0.4) is 0 Å². The minimum Gasteiger partial charge on any atom is -0.386 e. The summed E-state index contributed by atoms with van der Waals surface area (Å²) < 4.78 is 2.18. The first-order chi connectivity index (χ1) is 7.54. The molecule has 0 aliphatic carbocycles. The standard InChI is InChI=1S/C9H10I2N4O/c1-13-8-6(10)2-5(3-7(8)11)4-14-15-9(12)16/h2-4,13H,1H3,(H3,12,15,16)/b14-4-. The summed E-state index contributed by atoms with van der Waals surface area (Å²) in [6.07, 6.45) is 1.55. The van der Waals surface area contributed by atoms with Crippen LogP contribution in [0.4, 0.5) is 10.5 Å². The molecule has 2 amide bonds. The van der Waals surface area contributed by atoms with Crippen LogP contribution < -0.4 is 16.5 Å². The topological polar surface area (TPSA) is 79.5 Å². The summed E-state index contributed by atoms with van der Waals surface area (Å²) in [5.74, 6) is 0. The lowest BCUT2D eigenvalue weighted by Crippen LogP contribution is -2.24. The predicted molar refractivity (Wildman–Crippen MR) is 81.7 cm³/mol. The molecule has 0 aliphatic rings. The highest BCUT2D eigenvalue weighted by Crippen LogP contribution is 2.25. The summed E-state index contributed by atoms with van der Waals surface area (Å²) in [7, 11) is 1.88. The van der Waals surface area contributed by atoms with E-state index in [-0.39, 0.29) is 0 Å². The second-order valence-corrected chi connectivity index (χ2v) is 5.17. The van der Waals surface area contributed by atoms with E-state index in [1.54, 1.807) is 6.21 Å². The van der Waals surface area contributed by atoms with Crippen molar-refractivity contribution < 1.29 is 4.79 Å². The van der Waals surface area contributed by atoms with Crippen LogP contribution in [0.2, 0.25) is 0 Å². The average molecular weight is 444 g/mol. The largest absolute Gasteiger partial charge is 0.386 e. The molecule has 1 rings (SSSR count). The van der Waals surface area contributed by atoms with Crippen LogP contribution in [0, 0.1) is 7.14 Å². The Bertz CT molecular complexity index is 411. The number of amides is 2. The number of hydrogen-bond acceptors (Lipinski definition) is 3. The number of nitrogens with two attached hydrogens (primary N) is 1. The van der Waals surface area contributed by atoms with E-state index >= 15 is 0 Å². The first kappa shape index (κ1) is 13.5. The molecule has 0 saturated heterocycles. The zero-order chi connectivity index (χ0) is 12.1. The molecule has 1 aromatic rings. The van der Waals surface area contributed by atoms with Crippen LogP contribution in [-0.4, -0.2) is 19.3 Å². The van der Waals surface area contributed by atoms with Gasteiger partial charge in [0, 0.05) is 14.2 Å². The zero-order valence-electron chi connectivity index (χ0n) is 8.42. The molecule has 86 valence electrons. The van der Waals surface area contributed by atoms with Crippen molar-refractivity contribution in [1.29, 1.82) is 0 Å². The van der Waals surface area contributed by atoms with Gasteiger partial charge in [-0.05, 0) is 62.9 Å². The number of carbonyl (C=O) groups excluding carboxylic acids is 1. The third-order valence-electron chi connectivity index (χ3n) is 1.70. The second-order valence-electron chi connectivity index (χ2n) is 2.84. The molecular formula is C9H10I2N4O. The van der Waals surface area contributed by atoms with Crippen molar-refractivity contribution in [3.05, 3.63) is 24.8 Å². The number of nitrogens with zero attached hydrogens (tertiary/aromatic N) is 1. The third kappa shape index (κ3) is 3.77. The molecule has 5 nitrogen and oxygen atoms in total. The maximum Gasteiger partial charge on any atom is 0.332 e. The van der Waals surface area contributed by atoms with E-state index in [4.69, 9.17) is 5.73 Å². The van der Waals surface area contributed by atoms with Crippen molar-refractivity contribution in [2.45, 2.75) is 0 Å². The van der Waals surface area contributed by atoms with Gasteiger partial charge in [-0.3, -0.25) is 0 Å². The van der Waals surface area contributed by atoms with Crippen molar-refractivity contribution in [3.63, 3.8) is 0 Å². The Hall–Kier alpha value is -0.580. The lowest BCUT2D eigenvalue weighted by molar-refractivity contribution is 0.249. The van der Waals surface area contributed by atoms with Gasteiger partial charge in [0.15, 0.2) is 0 Å². The van der Waals surface area contributed by atoms with E-state index in [0.717, 1.165) is 18.4 Å². The molecular weight excluding hydrogens is 434 g/mol. The number of hydrazone groups is 1. The van der Waals surface area contributed by atoms with Gasteiger partial charge in [0.05, 0.1) is 11.9 Å². The van der Waals surface area contributed by atoms with Crippen molar-refractivity contribution in [3.8, 4) is 0 Å². The van der Waals surface area contributed by atoms with Crippen LogP contribution >= 0.6 is 45.2 Å². The van der Waals surface area contributed by atoms with E-state index in [9.17, 15) is 4.79 Å². The molecule has 4 N–H and O–H groups in total. The molecule has 0 aliphatic heterocycles. The maximum absolute atomic E-state index is 10.4. The van der Waals surface area contributed by atoms with Gasteiger partial charge in [-0.1, -0.05) is 0 Å². The summed E-state index contributed by atoms with van der Waals surface area (Å²) in [5.41, 5.74) is 9.02. The number of rotatable bonds is 3. The van der Waals surface area contributed by atoms with Crippen molar-refractivity contribution >= 4 is 63.1 Å². The molecule has 16 heavy (non-hydrogen) atoms. The van der Waals surface area contributed by atoms with E-state index in [1.807, 2.05) is 19.2 Å². The predicted octanol–water partition coefficient (Wildman–Crippen LogP) is 1.94. The summed E-state index contributed by atoms with van der Waals surface area (Å²) >= 11 is 4.47. The number of primary amides is 1. The van der Waals surface area contributed by atoms with Gasteiger partial charge >= 0.3 is 6.03 Å². The van der Waals surface area contributed by atoms with E-state index < -0.39 is 6.03 Å². The minimum atomic E-state index is -0.674. The van der Waals surface area contributed by atoms with Gasteiger partial charge in [-0.2, -0.15) is 5.10 Å². The Balaban J connectivity index is 2.91. The first-order valence-electron chi connectivity index (χ1n) is 4.30. The van der Waals surface area contributed by atoms with Crippen molar-refractivity contribution in [2.24, 2.45) is 10.8 Å².